The number of nitriles is 1. The Kier molecular flexibility index (Phi) is 2.67. The van der Waals surface area contributed by atoms with Crippen LogP contribution in [0.3, 0.4) is 0 Å². The Morgan fingerprint density at radius 2 is 2.27 bits per heavy atom. The zero-order valence-corrected chi connectivity index (χ0v) is 7.85. The Morgan fingerprint density at radius 3 is 2.73 bits per heavy atom. The molecule has 1 nitrogen and oxygen atoms in total. The molecule has 0 fully saturated rings. The fourth-order valence-electron chi connectivity index (χ4n) is 0.934. The van der Waals surface area contributed by atoms with Crippen LogP contribution in [0.25, 0.3) is 0 Å². The van der Waals surface area contributed by atoms with Crippen LogP contribution < -0.4 is 0 Å². The van der Waals surface area contributed by atoms with Crippen molar-refractivity contribution in [2.75, 3.05) is 0 Å². The second-order valence-electron chi connectivity index (χ2n) is 2.39. The zero-order valence-electron chi connectivity index (χ0n) is 6.26. The Balaban J connectivity index is 3.12. The SMILES string of the molecule is Cc1cc(CBr)ccc1C#N. The number of rotatable bonds is 1. The van der Waals surface area contributed by atoms with E-state index in [1.807, 2.05) is 25.1 Å². The minimum atomic E-state index is 0.759. The first-order valence-corrected chi connectivity index (χ1v) is 4.45. The van der Waals surface area contributed by atoms with Gasteiger partial charge >= 0.3 is 0 Å². The minimum absolute atomic E-state index is 0.759. The lowest BCUT2D eigenvalue weighted by Crippen LogP contribution is -1.84. The fourth-order valence-corrected chi connectivity index (χ4v) is 1.28. The van der Waals surface area contributed by atoms with Crippen LogP contribution in [0.15, 0.2) is 18.2 Å². The van der Waals surface area contributed by atoms with Gasteiger partial charge in [-0.2, -0.15) is 5.26 Å². The van der Waals surface area contributed by atoms with Crippen molar-refractivity contribution >= 4 is 15.9 Å². The molecule has 0 spiro atoms. The molecule has 0 N–H and O–H groups in total. The number of hydrogen-bond donors (Lipinski definition) is 0. The van der Waals surface area contributed by atoms with Crippen molar-refractivity contribution in [1.82, 2.24) is 0 Å². The van der Waals surface area contributed by atoms with Gasteiger partial charge in [0, 0.05) is 5.33 Å². The smallest absolute Gasteiger partial charge is 0.0994 e. The molecule has 0 aliphatic heterocycles. The number of aryl methyl sites for hydroxylation is 1. The van der Waals surface area contributed by atoms with Crippen LogP contribution in [0.5, 0.6) is 0 Å². The van der Waals surface area contributed by atoms with Gasteiger partial charge in [0.1, 0.15) is 0 Å². The number of alkyl halides is 1. The zero-order chi connectivity index (χ0) is 8.27. The van der Waals surface area contributed by atoms with Gasteiger partial charge in [0.25, 0.3) is 0 Å². The molecule has 0 atom stereocenters. The van der Waals surface area contributed by atoms with Gasteiger partial charge in [0.05, 0.1) is 11.6 Å². The molecule has 0 aliphatic carbocycles. The second kappa shape index (κ2) is 3.54. The van der Waals surface area contributed by atoms with Crippen LogP contribution in [-0.2, 0) is 5.33 Å². The molecule has 1 aromatic rings. The summed E-state index contributed by atoms with van der Waals surface area (Å²) in [5, 5.41) is 9.47. The summed E-state index contributed by atoms with van der Waals surface area (Å²) in [4.78, 5) is 0. The summed E-state index contributed by atoms with van der Waals surface area (Å²) < 4.78 is 0. The first-order chi connectivity index (χ1) is 5.27. The van der Waals surface area contributed by atoms with Crippen LogP contribution in [0.1, 0.15) is 16.7 Å². The number of halogens is 1. The molecule has 56 valence electrons. The molecule has 0 aliphatic rings. The topological polar surface area (TPSA) is 23.8 Å². The van der Waals surface area contributed by atoms with Crippen LogP contribution in [0, 0.1) is 18.3 Å². The van der Waals surface area contributed by atoms with E-state index in [4.69, 9.17) is 5.26 Å². The van der Waals surface area contributed by atoms with Crippen molar-refractivity contribution in [1.29, 1.82) is 5.26 Å². The van der Waals surface area contributed by atoms with Gasteiger partial charge in [-0.05, 0) is 24.1 Å². The third-order valence-corrected chi connectivity index (χ3v) is 2.21. The molecule has 2 heteroatoms. The van der Waals surface area contributed by atoms with Gasteiger partial charge < -0.3 is 0 Å². The van der Waals surface area contributed by atoms with E-state index in [2.05, 4.69) is 22.0 Å². The molecule has 1 rings (SSSR count). The highest BCUT2D eigenvalue weighted by molar-refractivity contribution is 9.08. The van der Waals surface area contributed by atoms with E-state index in [9.17, 15) is 0 Å². The summed E-state index contributed by atoms with van der Waals surface area (Å²) in [5.74, 6) is 0. The number of nitrogens with zero attached hydrogens (tertiary/aromatic N) is 1. The summed E-state index contributed by atoms with van der Waals surface area (Å²) in [6, 6.07) is 7.96. The van der Waals surface area contributed by atoms with E-state index in [-0.39, 0.29) is 0 Å². The maximum atomic E-state index is 8.62. The van der Waals surface area contributed by atoms with Gasteiger partial charge in [-0.25, -0.2) is 0 Å². The van der Waals surface area contributed by atoms with Crippen molar-refractivity contribution in [2.45, 2.75) is 12.3 Å². The summed E-state index contributed by atoms with van der Waals surface area (Å²) in [6.07, 6.45) is 0. The van der Waals surface area contributed by atoms with E-state index in [1.54, 1.807) is 0 Å². The Labute approximate surface area is 74.8 Å². The van der Waals surface area contributed by atoms with Crippen LogP contribution in [0.2, 0.25) is 0 Å². The summed E-state index contributed by atoms with van der Waals surface area (Å²) >= 11 is 3.36. The van der Waals surface area contributed by atoms with E-state index in [0.29, 0.717) is 0 Å². The van der Waals surface area contributed by atoms with Gasteiger partial charge in [0.2, 0.25) is 0 Å². The lowest BCUT2D eigenvalue weighted by atomic mass is 10.1. The van der Waals surface area contributed by atoms with E-state index >= 15 is 0 Å². The standard InChI is InChI=1S/C9H8BrN/c1-7-4-8(5-10)2-3-9(7)6-11/h2-4H,5H2,1H3. The third-order valence-electron chi connectivity index (χ3n) is 1.57. The Bertz CT molecular complexity index is 299. The maximum absolute atomic E-state index is 8.62. The van der Waals surface area contributed by atoms with Crippen molar-refractivity contribution < 1.29 is 0 Å². The average molecular weight is 210 g/mol. The van der Waals surface area contributed by atoms with Gasteiger partial charge in [-0.15, -0.1) is 0 Å². The first-order valence-electron chi connectivity index (χ1n) is 3.33. The average Bonchev–Trinajstić information content (AvgIpc) is 2.04. The summed E-state index contributed by atoms with van der Waals surface area (Å²) in [5.41, 5.74) is 3.01. The van der Waals surface area contributed by atoms with Gasteiger partial charge in [-0.1, -0.05) is 28.1 Å². The Hall–Kier alpha value is -0.810. The lowest BCUT2D eigenvalue weighted by molar-refractivity contribution is 1.33. The Morgan fingerprint density at radius 1 is 1.55 bits per heavy atom. The van der Waals surface area contributed by atoms with E-state index < -0.39 is 0 Å². The first kappa shape index (κ1) is 8.29. The predicted octanol–water partition coefficient (Wildman–Crippen LogP) is 2.76. The van der Waals surface area contributed by atoms with Crippen molar-refractivity contribution in [2.24, 2.45) is 0 Å². The maximum Gasteiger partial charge on any atom is 0.0994 e. The van der Waals surface area contributed by atoms with Gasteiger partial charge in [-0.3, -0.25) is 0 Å². The van der Waals surface area contributed by atoms with E-state index in [0.717, 1.165) is 16.5 Å². The molecule has 0 radical (unpaired) electrons. The normalized spacial score (nSPS) is 9.18. The van der Waals surface area contributed by atoms with Crippen LogP contribution >= 0.6 is 15.9 Å². The second-order valence-corrected chi connectivity index (χ2v) is 2.96. The number of hydrogen-bond acceptors (Lipinski definition) is 1. The molecular weight excluding hydrogens is 202 g/mol. The van der Waals surface area contributed by atoms with Crippen molar-refractivity contribution in [3.63, 3.8) is 0 Å². The molecule has 0 heterocycles. The minimum Gasteiger partial charge on any atom is -0.192 e. The quantitative estimate of drug-likeness (QED) is 0.653. The molecule has 0 bridgehead atoms. The largest absolute Gasteiger partial charge is 0.192 e. The third kappa shape index (κ3) is 1.81. The van der Waals surface area contributed by atoms with E-state index in [1.165, 1.54) is 5.56 Å². The highest BCUT2D eigenvalue weighted by atomic mass is 79.9. The number of benzene rings is 1. The summed E-state index contributed by atoms with van der Waals surface area (Å²) in [7, 11) is 0. The highest BCUT2D eigenvalue weighted by Gasteiger charge is 1.96. The molecule has 0 unspecified atom stereocenters. The van der Waals surface area contributed by atoms with Crippen molar-refractivity contribution in [3.8, 4) is 6.07 Å². The van der Waals surface area contributed by atoms with Gasteiger partial charge in [0.15, 0.2) is 0 Å². The fraction of sp³-hybridized carbons (Fsp3) is 0.222. The highest BCUT2D eigenvalue weighted by Crippen LogP contribution is 2.12. The molecular formula is C9H8BrN. The van der Waals surface area contributed by atoms with Crippen LogP contribution in [-0.4, -0.2) is 0 Å². The van der Waals surface area contributed by atoms with Crippen LogP contribution in [0.4, 0.5) is 0 Å². The van der Waals surface area contributed by atoms with Crippen molar-refractivity contribution in [3.05, 3.63) is 34.9 Å². The molecule has 0 saturated heterocycles. The summed E-state index contributed by atoms with van der Waals surface area (Å²) in [6.45, 7) is 1.95. The molecule has 1 aromatic carbocycles. The molecule has 0 saturated carbocycles. The monoisotopic (exact) mass is 209 g/mol. The molecule has 0 aromatic heterocycles. The molecule has 0 amide bonds. The predicted molar refractivity (Wildman–Crippen MR) is 48.5 cm³/mol. The lowest BCUT2D eigenvalue weighted by Gasteiger charge is -1.98. The molecule has 11 heavy (non-hydrogen) atoms.